The Kier molecular flexibility index (Phi) is 3.88. The molecule has 1 atom stereocenters. The lowest BCUT2D eigenvalue weighted by Crippen LogP contribution is -2.42. The van der Waals surface area contributed by atoms with E-state index in [1.807, 2.05) is 0 Å². The van der Waals surface area contributed by atoms with E-state index in [0.717, 1.165) is 0 Å². The lowest BCUT2D eigenvalue weighted by Gasteiger charge is -2.23. The zero-order valence-corrected chi connectivity index (χ0v) is 11.6. The summed E-state index contributed by atoms with van der Waals surface area (Å²) in [7, 11) is -1.80. The minimum Gasteiger partial charge on any atom is -0.155 e. The van der Waals surface area contributed by atoms with Gasteiger partial charge in [-0.2, -0.15) is 11.1 Å². The van der Waals surface area contributed by atoms with Crippen LogP contribution < -0.4 is 5.19 Å². The van der Waals surface area contributed by atoms with Crippen molar-refractivity contribution in [2.24, 2.45) is 0 Å². The number of allylic oxidation sites excluding steroid dienone is 2. The third kappa shape index (κ3) is 2.25. The van der Waals surface area contributed by atoms with Crippen molar-refractivity contribution < 1.29 is 0 Å². The fourth-order valence-corrected chi connectivity index (χ4v) is 6.97. The highest BCUT2D eigenvalue weighted by Gasteiger charge is 2.39. The maximum atomic E-state index is 6.97. The second-order valence-corrected chi connectivity index (χ2v) is 9.80. The second-order valence-electron chi connectivity index (χ2n) is 4.54. The van der Waals surface area contributed by atoms with E-state index in [0.29, 0.717) is 0 Å². The molecule has 0 spiro atoms. The van der Waals surface area contributed by atoms with Gasteiger partial charge >= 0.3 is 0 Å². The number of benzene rings is 1. The van der Waals surface area contributed by atoms with E-state index in [2.05, 4.69) is 43.3 Å². The Labute approximate surface area is 104 Å². The largest absolute Gasteiger partial charge is 0.213 e. The molecule has 2 rings (SSSR count). The molecule has 0 saturated heterocycles. The maximum Gasteiger partial charge on any atom is 0.213 e. The number of rotatable bonds is 4. The summed E-state index contributed by atoms with van der Waals surface area (Å²) in [5.74, 6) is 0. The average molecular weight is 251 g/mol. The molecule has 16 heavy (non-hydrogen) atoms. The fourth-order valence-electron chi connectivity index (χ4n) is 2.47. The van der Waals surface area contributed by atoms with Gasteiger partial charge in [-0.1, -0.05) is 61.4 Å². The van der Waals surface area contributed by atoms with Gasteiger partial charge in [0.25, 0.3) is 0 Å². The van der Waals surface area contributed by atoms with Crippen LogP contribution in [-0.4, -0.2) is 7.38 Å². The smallest absolute Gasteiger partial charge is 0.155 e. The van der Waals surface area contributed by atoms with Crippen molar-refractivity contribution in [2.75, 3.05) is 0 Å². The molecule has 1 aromatic carbocycles. The van der Waals surface area contributed by atoms with Crippen LogP contribution in [0.15, 0.2) is 41.6 Å². The third-order valence-corrected chi connectivity index (χ3v) is 9.07. The van der Waals surface area contributed by atoms with E-state index >= 15 is 0 Å². The van der Waals surface area contributed by atoms with Gasteiger partial charge in [-0.05, 0) is 24.1 Å². The van der Waals surface area contributed by atoms with E-state index in [1.165, 1.54) is 36.9 Å². The molecule has 1 heterocycles. The Morgan fingerprint density at radius 3 is 2.69 bits per heavy atom. The number of hydrogen-bond acceptors (Lipinski definition) is 0. The molecule has 1 unspecified atom stereocenters. The second kappa shape index (κ2) is 5.20. The molecular weight excluding hydrogens is 232 g/mol. The quantitative estimate of drug-likeness (QED) is 0.557. The van der Waals surface area contributed by atoms with Crippen LogP contribution in [-0.2, 0) is 0 Å². The van der Waals surface area contributed by atoms with Crippen LogP contribution in [0.2, 0.25) is 6.04 Å². The van der Waals surface area contributed by atoms with Crippen molar-refractivity contribution in [1.82, 2.24) is 0 Å². The van der Waals surface area contributed by atoms with Crippen LogP contribution >= 0.6 is 11.1 Å². The van der Waals surface area contributed by atoms with Crippen LogP contribution in [0.4, 0.5) is 0 Å². The molecule has 2 heteroatoms. The molecule has 0 N–H and O–H groups in total. The number of hydrogen-bond donors (Lipinski definition) is 0. The summed E-state index contributed by atoms with van der Waals surface area (Å²) in [4.78, 5) is 0. The standard InChI is InChI=1S/C14H19ClSi/c1-2-3-8-13-11-7-12-16(13,15)14-9-5-4-6-10-14/h4-6,9-11H,2-3,7-8,12H2,1H3. The lowest BCUT2D eigenvalue weighted by molar-refractivity contribution is 0.805. The van der Waals surface area contributed by atoms with Crippen LogP contribution in [0.3, 0.4) is 0 Å². The van der Waals surface area contributed by atoms with Crippen molar-refractivity contribution >= 4 is 23.6 Å². The third-order valence-electron chi connectivity index (χ3n) is 3.42. The van der Waals surface area contributed by atoms with Gasteiger partial charge in [-0.15, -0.1) is 0 Å². The van der Waals surface area contributed by atoms with Gasteiger partial charge in [0.15, 0.2) is 0 Å². The number of halogens is 1. The molecule has 1 aliphatic heterocycles. The summed E-state index contributed by atoms with van der Waals surface area (Å²) in [6.45, 7) is 2.25. The van der Waals surface area contributed by atoms with Crippen molar-refractivity contribution in [3.05, 3.63) is 41.6 Å². The zero-order valence-electron chi connectivity index (χ0n) is 9.88. The van der Waals surface area contributed by atoms with E-state index in [9.17, 15) is 0 Å². The van der Waals surface area contributed by atoms with Crippen LogP contribution in [0.5, 0.6) is 0 Å². The van der Waals surface area contributed by atoms with Crippen LogP contribution in [0, 0.1) is 0 Å². The SMILES string of the molecule is CCCCC1=CCC[Si]1(Cl)c1ccccc1. The molecule has 0 nitrogen and oxygen atoms in total. The van der Waals surface area contributed by atoms with Gasteiger partial charge in [0, 0.05) is 0 Å². The topological polar surface area (TPSA) is 0 Å². The predicted molar refractivity (Wildman–Crippen MR) is 74.7 cm³/mol. The molecule has 0 bridgehead atoms. The summed E-state index contributed by atoms with van der Waals surface area (Å²) in [5, 5.41) is 2.97. The van der Waals surface area contributed by atoms with E-state index in [1.54, 1.807) is 5.20 Å². The predicted octanol–water partition coefficient (Wildman–Crippen LogP) is 4.14. The highest BCUT2D eigenvalue weighted by atomic mass is 35.6. The highest BCUT2D eigenvalue weighted by molar-refractivity contribution is 7.31. The van der Waals surface area contributed by atoms with Gasteiger partial charge in [0.2, 0.25) is 7.38 Å². The van der Waals surface area contributed by atoms with Crippen LogP contribution in [0.25, 0.3) is 0 Å². The summed E-state index contributed by atoms with van der Waals surface area (Å²) in [6.07, 6.45) is 7.33. The molecular formula is C14H19ClSi. The molecule has 0 fully saturated rings. The first-order valence-electron chi connectivity index (χ1n) is 6.21. The van der Waals surface area contributed by atoms with Gasteiger partial charge < -0.3 is 0 Å². The van der Waals surface area contributed by atoms with Crippen LogP contribution in [0.1, 0.15) is 32.6 Å². The maximum absolute atomic E-state index is 6.97. The highest BCUT2D eigenvalue weighted by Crippen LogP contribution is 2.35. The molecule has 0 amide bonds. The Morgan fingerprint density at radius 2 is 2.00 bits per heavy atom. The molecule has 1 aliphatic rings. The Morgan fingerprint density at radius 1 is 1.25 bits per heavy atom. The van der Waals surface area contributed by atoms with Gasteiger partial charge in [-0.25, -0.2) is 0 Å². The van der Waals surface area contributed by atoms with E-state index < -0.39 is 7.38 Å². The minimum atomic E-state index is -1.80. The average Bonchev–Trinajstić information content (AvgIpc) is 2.71. The molecule has 0 saturated carbocycles. The van der Waals surface area contributed by atoms with Gasteiger partial charge in [-0.3, -0.25) is 0 Å². The van der Waals surface area contributed by atoms with Gasteiger partial charge in [0.1, 0.15) is 0 Å². The fraction of sp³-hybridized carbons (Fsp3) is 0.429. The normalized spacial score (nSPS) is 24.5. The summed E-state index contributed by atoms with van der Waals surface area (Å²) in [6, 6.07) is 11.9. The first kappa shape index (κ1) is 11.9. The van der Waals surface area contributed by atoms with Crippen molar-refractivity contribution in [3.8, 4) is 0 Å². The lowest BCUT2D eigenvalue weighted by atomic mass is 10.2. The molecule has 1 aromatic rings. The van der Waals surface area contributed by atoms with Crippen molar-refractivity contribution in [1.29, 1.82) is 0 Å². The monoisotopic (exact) mass is 250 g/mol. The van der Waals surface area contributed by atoms with E-state index in [-0.39, 0.29) is 0 Å². The molecule has 0 aliphatic carbocycles. The first-order chi connectivity index (χ1) is 7.77. The van der Waals surface area contributed by atoms with Crippen molar-refractivity contribution in [2.45, 2.75) is 38.7 Å². The Hall–Kier alpha value is -0.533. The summed E-state index contributed by atoms with van der Waals surface area (Å²) in [5.41, 5.74) is 0. The Balaban J connectivity index is 2.21. The van der Waals surface area contributed by atoms with Crippen molar-refractivity contribution in [3.63, 3.8) is 0 Å². The molecule has 0 radical (unpaired) electrons. The molecule has 0 aromatic heterocycles. The minimum absolute atomic E-state index is 1.18. The van der Waals surface area contributed by atoms with E-state index in [4.69, 9.17) is 11.1 Å². The summed E-state index contributed by atoms with van der Waals surface area (Å²) >= 11 is 6.97. The molecule has 86 valence electrons. The summed E-state index contributed by atoms with van der Waals surface area (Å²) < 4.78 is 0. The van der Waals surface area contributed by atoms with Gasteiger partial charge in [0.05, 0.1) is 0 Å². The zero-order chi connectivity index (χ0) is 11.4. The first-order valence-corrected chi connectivity index (χ1v) is 9.43. The number of unbranched alkanes of at least 4 members (excludes halogenated alkanes) is 1. The Bertz CT molecular complexity index is 372.